The first-order valence-corrected chi connectivity index (χ1v) is 11.0. The van der Waals surface area contributed by atoms with Gasteiger partial charge in [0.05, 0.1) is 13.5 Å². The van der Waals surface area contributed by atoms with Gasteiger partial charge in [-0.3, -0.25) is 14.4 Å². The zero-order valence-corrected chi connectivity index (χ0v) is 18.0. The maximum absolute atomic E-state index is 12.8. The van der Waals surface area contributed by atoms with Crippen molar-refractivity contribution < 1.29 is 23.9 Å². The van der Waals surface area contributed by atoms with Crippen molar-refractivity contribution >= 4 is 17.7 Å². The molecule has 0 saturated heterocycles. The first-order valence-electron chi connectivity index (χ1n) is 11.0. The van der Waals surface area contributed by atoms with E-state index in [9.17, 15) is 14.4 Å². The van der Waals surface area contributed by atoms with Gasteiger partial charge in [-0.15, -0.1) is 0 Å². The van der Waals surface area contributed by atoms with Crippen LogP contribution in [0.4, 0.5) is 0 Å². The molecule has 0 unspecified atom stereocenters. The van der Waals surface area contributed by atoms with Crippen LogP contribution in [0.2, 0.25) is 0 Å². The van der Waals surface area contributed by atoms with Crippen molar-refractivity contribution in [1.29, 1.82) is 0 Å². The number of ketones is 1. The first-order chi connectivity index (χ1) is 14.3. The second kappa shape index (κ2) is 8.05. The number of carbonyl (C=O) groups is 3. The van der Waals surface area contributed by atoms with Gasteiger partial charge in [0, 0.05) is 16.7 Å². The third-order valence-electron chi connectivity index (χ3n) is 7.13. The van der Waals surface area contributed by atoms with Crippen LogP contribution in [0.1, 0.15) is 68.3 Å². The number of benzene rings is 1. The topological polar surface area (TPSA) is 81.7 Å². The van der Waals surface area contributed by atoms with Crippen LogP contribution in [0, 0.1) is 17.8 Å². The van der Waals surface area contributed by atoms with Crippen LogP contribution in [0.5, 0.6) is 5.75 Å². The zero-order chi connectivity index (χ0) is 21.5. The quantitative estimate of drug-likeness (QED) is 0.547. The summed E-state index contributed by atoms with van der Waals surface area (Å²) in [5.41, 5.74) is 0.973. The van der Waals surface area contributed by atoms with Crippen LogP contribution < -0.4 is 10.1 Å². The standard InChI is InChI=1S/C24H31NO5/c1-14(26)19-4-5-21(29-3)20(9-19)10-22(27)30-15(2)23(28)25-24-11-16-6-17(12-24)8-18(7-16)13-24/h4-5,9,15-18H,6-8,10-13H2,1-3H3,(H,25,28)/t15-,16?,17?,18?,24?/m1/s1. The molecule has 4 bridgehead atoms. The van der Waals surface area contributed by atoms with Gasteiger partial charge in [-0.05, 0) is 88.3 Å². The average Bonchev–Trinajstić information content (AvgIpc) is 2.66. The van der Waals surface area contributed by atoms with Crippen molar-refractivity contribution in [2.45, 2.75) is 70.4 Å². The van der Waals surface area contributed by atoms with Crippen molar-refractivity contribution in [2.24, 2.45) is 17.8 Å². The van der Waals surface area contributed by atoms with Crippen LogP contribution in [-0.4, -0.2) is 36.4 Å². The van der Waals surface area contributed by atoms with Gasteiger partial charge < -0.3 is 14.8 Å². The lowest BCUT2D eigenvalue weighted by Crippen LogP contribution is -2.61. The largest absolute Gasteiger partial charge is 0.496 e. The van der Waals surface area contributed by atoms with Crippen LogP contribution in [0.25, 0.3) is 0 Å². The molecule has 4 fully saturated rings. The van der Waals surface area contributed by atoms with Gasteiger partial charge in [-0.25, -0.2) is 0 Å². The number of carbonyl (C=O) groups excluding carboxylic acids is 3. The number of Topliss-reactive ketones (excluding diaryl/α,β-unsaturated/α-hetero) is 1. The third-order valence-corrected chi connectivity index (χ3v) is 7.13. The summed E-state index contributed by atoms with van der Waals surface area (Å²) in [6.07, 6.45) is 6.18. The van der Waals surface area contributed by atoms with Crippen LogP contribution in [-0.2, 0) is 20.7 Å². The fraction of sp³-hybridized carbons (Fsp3) is 0.625. The van der Waals surface area contributed by atoms with Crippen LogP contribution in [0.3, 0.4) is 0 Å². The van der Waals surface area contributed by atoms with Crippen molar-refractivity contribution in [3.63, 3.8) is 0 Å². The highest BCUT2D eigenvalue weighted by molar-refractivity contribution is 5.94. The Labute approximate surface area is 177 Å². The van der Waals surface area contributed by atoms with Crippen molar-refractivity contribution in [3.8, 4) is 5.75 Å². The normalized spacial score (nSPS) is 29.9. The summed E-state index contributed by atoms with van der Waals surface area (Å²) in [4.78, 5) is 37.0. The van der Waals surface area contributed by atoms with E-state index in [1.807, 2.05) is 0 Å². The molecular weight excluding hydrogens is 382 g/mol. The zero-order valence-electron chi connectivity index (χ0n) is 18.0. The molecule has 162 valence electrons. The molecule has 0 aliphatic heterocycles. The van der Waals surface area contributed by atoms with Gasteiger partial charge in [-0.1, -0.05) is 0 Å². The molecule has 0 spiro atoms. The number of hydrogen-bond acceptors (Lipinski definition) is 5. The molecule has 1 N–H and O–H groups in total. The van der Waals surface area contributed by atoms with Gasteiger partial charge in [0.1, 0.15) is 5.75 Å². The fourth-order valence-corrected chi connectivity index (χ4v) is 6.21. The number of methoxy groups -OCH3 is 1. The van der Waals surface area contributed by atoms with E-state index in [0.29, 0.717) is 16.9 Å². The summed E-state index contributed by atoms with van der Waals surface area (Å²) in [6, 6.07) is 4.97. The number of amides is 1. The Morgan fingerprint density at radius 1 is 1.10 bits per heavy atom. The minimum absolute atomic E-state index is 0.0563. The Hall–Kier alpha value is -2.37. The lowest BCUT2D eigenvalue weighted by molar-refractivity contribution is -0.156. The van der Waals surface area contributed by atoms with E-state index in [0.717, 1.165) is 37.0 Å². The van der Waals surface area contributed by atoms with E-state index in [2.05, 4.69) is 5.32 Å². The predicted octanol–water partition coefficient (Wildman–Crippen LogP) is 3.46. The monoisotopic (exact) mass is 413 g/mol. The van der Waals surface area contributed by atoms with E-state index in [1.54, 1.807) is 25.1 Å². The van der Waals surface area contributed by atoms with Crippen molar-refractivity contribution in [2.75, 3.05) is 7.11 Å². The molecule has 0 radical (unpaired) electrons. The Morgan fingerprint density at radius 2 is 1.70 bits per heavy atom. The summed E-state index contributed by atoms with van der Waals surface area (Å²) in [6.45, 7) is 3.09. The lowest BCUT2D eigenvalue weighted by atomic mass is 9.53. The lowest BCUT2D eigenvalue weighted by Gasteiger charge is -2.57. The Bertz CT molecular complexity index is 826. The molecule has 0 aromatic heterocycles. The van der Waals surface area contributed by atoms with Gasteiger partial charge in [0.2, 0.25) is 0 Å². The van der Waals surface area contributed by atoms with E-state index in [1.165, 1.54) is 33.3 Å². The predicted molar refractivity (Wildman–Crippen MR) is 111 cm³/mol. The average molecular weight is 414 g/mol. The van der Waals surface area contributed by atoms with Crippen molar-refractivity contribution in [1.82, 2.24) is 5.32 Å². The molecular formula is C24H31NO5. The maximum Gasteiger partial charge on any atom is 0.311 e. The number of esters is 1. The summed E-state index contributed by atoms with van der Waals surface area (Å²) >= 11 is 0. The first kappa shape index (κ1) is 20.9. The Morgan fingerprint density at radius 3 is 2.23 bits per heavy atom. The molecule has 6 heteroatoms. The highest BCUT2D eigenvalue weighted by atomic mass is 16.5. The molecule has 1 amide bonds. The minimum Gasteiger partial charge on any atom is -0.496 e. The minimum atomic E-state index is -0.854. The van der Waals surface area contributed by atoms with Crippen LogP contribution in [0.15, 0.2) is 18.2 Å². The van der Waals surface area contributed by atoms with Crippen molar-refractivity contribution in [3.05, 3.63) is 29.3 Å². The molecule has 0 heterocycles. The highest BCUT2D eigenvalue weighted by Crippen LogP contribution is 2.55. The fourth-order valence-electron chi connectivity index (χ4n) is 6.21. The van der Waals surface area contributed by atoms with Gasteiger partial charge >= 0.3 is 5.97 Å². The summed E-state index contributed by atoms with van der Waals surface area (Å²) in [5.74, 6) is 1.90. The molecule has 6 nitrogen and oxygen atoms in total. The molecule has 4 aliphatic carbocycles. The molecule has 1 aromatic rings. The number of hydrogen-bond donors (Lipinski definition) is 1. The molecule has 30 heavy (non-hydrogen) atoms. The van der Waals surface area contributed by atoms with E-state index in [-0.39, 0.29) is 23.7 Å². The van der Waals surface area contributed by atoms with Crippen LogP contribution >= 0.6 is 0 Å². The smallest absolute Gasteiger partial charge is 0.311 e. The second-order valence-corrected chi connectivity index (χ2v) is 9.58. The summed E-state index contributed by atoms with van der Waals surface area (Å²) in [5, 5.41) is 3.25. The molecule has 5 rings (SSSR count). The number of nitrogens with one attached hydrogen (secondary N) is 1. The molecule has 1 atom stereocenters. The number of ether oxygens (including phenoxy) is 2. The maximum atomic E-state index is 12.8. The summed E-state index contributed by atoms with van der Waals surface area (Å²) in [7, 11) is 1.51. The number of rotatable bonds is 7. The molecule has 1 aromatic carbocycles. The molecule has 4 aliphatic rings. The summed E-state index contributed by atoms with van der Waals surface area (Å²) < 4.78 is 10.7. The van der Waals surface area contributed by atoms with Gasteiger partial charge in [-0.2, -0.15) is 0 Å². The van der Waals surface area contributed by atoms with Gasteiger partial charge in [0.25, 0.3) is 5.91 Å². The SMILES string of the molecule is COc1ccc(C(C)=O)cc1CC(=O)O[C@H](C)C(=O)NC12CC3CC(CC(C3)C1)C2. The van der Waals surface area contributed by atoms with E-state index >= 15 is 0 Å². The van der Waals surface area contributed by atoms with E-state index in [4.69, 9.17) is 9.47 Å². The third kappa shape index (κ3) is 4.23. The second-order valence-electron chi connectivity index (χ2n) is 9.58. The van der Waals surface area contributed by atoms with E-state index < -0.39 is 12.1 Å². The van der Waals surface area contributed by atoms with Gasteiger partial charge in [0.15, 0.2) is 11.9 Å². The Kier molecular flexibility index (Phi) is 5.60. The highest BCUT2D eigenvalue weighted by Gasteiger charge is 2.51. The molecule has 4 saturated carbocycles. The Balaban J connectivity index is 1.36.